The van der Waals surface area contributed by atoms with Crippen LogP contribution < -0.4 is 20.1 Å². The number of hydrogen-bond acceptors (Lipinski definition) is 5. The Morgan fingerprint density at radius 1 is 0.892 bits per heavy atom. The second kappa shape index (κ2) is 10.1. The van der Waals surface area contributed by atoms with Crippen LogP contribution in [-0.4, -0.2) is 37.5 Å². The van der Waals surface area contributed by atoms with Gasteiger partial charge in [-0.2, -0.15) is 0 Å². The zero-order valence-electron chi connectivity index (χ0n) is 21.1. The van der Waals surface area contributed by atoms with Crippen LogP contribution in [0.1, 0.15) is 49.7 Å². The lowest BCUT2D eigenvalue weighted by atomic mass is 9.87. The van der Waals surface area contributed by atoms with Gasteiger partial charge in [0.05, 0.1) is 5.41 Å². The molecule has 2 amide bonds. The Bertz CT molecular complexity index is 1370. The number of rotatable bonds is 9. The van der Waals surface area contributed by atoms with Crippen LogP contribution in [0.15, 0.2) is 60.7 Å². The number of benzene rings is 3. The van der Waals surface area contributed by atoms with Crippen molar-refractivity contribution in [2.75, 3.05) is 19.9 Å². The molecule has 2 aliphatic rings. The first-order valence-corrected chi connectivity index (χ1v) is 12.5. The fourth-order valence-corrected chi connectivity index (χ4v) is 4.81. The van der Waals surface area contributed by atoms with E-state index in [4.69, 9.17) is 9.47 Å². The molecule has 0 radical (unpaired) electrons. The second-order valence-corrected chi connectivity index (χ2v) is 9.72. The van der Waals surface area contributed by atoms with Gasteiger partial charge in [0.25, 0.3) is 5.91 Å². The SMILES string of the molecule is CC(=O)NCCNC(=O)c1ccc(-c2cc(CC(=O)C3(c4ccc5c(c4)OCO5)CC3)ccc2C)cc1.[HH].[HH]. The van der Waals surface area contributed by atoms with E-state index in [1.165, 1.54) is 6.92 Å². The summed E-state index contributed by atoms with van der Waals surface area (Å²) in [7, 11) is 0. The van der Waals surface area contributed by atoms with Crippen LogP contribution in [0.25, 0.3) is 11.1 Å². The average molecular weight is 503 g/mol. The van der Waals surface area contributed by atoms with Crippen molar-refractivity contribution in [2.45, 2.75) is 38.5 Å². The molecule has 0 saturated heterocycles. The van der Waals surface area contributed by atoms with Crippen LogP contribution in [0.3, 0.4) is 0 Å². The summed E-state index contributed by atoms with van der Waals surface area (Å²) in [6, 6.07) is 19.4. The molecule has 0 atom stereocenters. The van der Waals surface area contributed by atoms with E-state index >= 15 is 0 Å². The van der Waals surface area contributed by atoms with Gasteiger partial charge >= 0.3 is 0 Å². The lowest BCUT2D eigenvalue weighted by Crippen LogP contribution is -2.33. The van der Waals surface area contributed by atoms with Crippen LogP contribution in [0, 0.1) is 6.92 Å². The molecule has 3 aromatic carbocycles. The number of nitrogens with one attached hydrogen (secondary N) is 2. The highest BCUT2D eigenvalue weighted by atomic mass is 16.7. The molecule has 0 bridgehead atoms. The number of hydrogen-bond donors (Lipinski definition) is 2. The molecule has 1 aliphatic heterocycles. The maximum Gasteiger partial charge on any atom is 0.251 e. The van der Waals surface area contributed by atoms with E-state index in [1.54, 1.807) is 12.1 Å². The van der Waals surface area contributed by atoms with E-state index in [0.29, 0.717) is 30.8 Å². The van der Waals surface area contributed by atoms with Crippen molar-refractivity contribution < 1.29 is 26.7 Å². The van der Waals surface area contributed by atoms with Gasteiger partial charge < -0.3 is 20.1 Å². The van der Waals surface area contributed by atoms with Crippen molar-refractivity contribution >= 4 is 17.6 Å². The zero-order chi connectivity index (χ0) is 26.0. The summed E-state index contributed by atoms with van der Waals surface area (Å²) in [6.07, 6.45) is 2.05. The lowest BCUT2D eigenvalue weighted by molar-refractivity contribution is -0.121. The van der Waals surface area contributed by atoms with Crippen molar-refractivity contribution in [1.82, 2.24) is 10.6 Å². The summed E-state index contributed by atoms with van der Waals surface area (Å²) in [6.45, 7) is 4.45. The number of aryl methyl sites for hydroxylation is 1. The highest BCUT2D eigenvalue weighted by molar-refractivity contribution is 5.96. The first-order valence-electron chi connectivity index (χ1n) is 12.5. The number of amides is 2. The van der Waals surface area contributed by atoms with Gasteiger partial charge in [0.1, 0.15) is 5.78 Å². The zero-order valence-corrected chi connectivity index (χ0v) is 21.1. The predicted octanol–water partition coefficient (Wildman–Crippen LogP) is 4.59. The minimum absolute atomic E-state index is 0. The number of ketones is 1. The van der Waals surface area contributed by atoms with Gasteiger partial charge in [0.2, 0.25) is 12.7 Å². The minimum Gasteiger partial charge on any atom is -0.454 e. The fraction of sp³-hybridized carbons (Fsp3) is 0.300. The summed E-state index contributed by atoms with van der Waals surface area (Å²) in [4.78, 5) is 36.8. The van der Waals surface area contributed by atoms with E-state index in [0.717, 1.165) is 46.4 Å². The van der Waals surface area contributed by atoms with E-state index < -0.39 is 5.41 Å². The Labute approximate surface area is 219 Å². The minimum atomic E-state index is -0.443. The van der Waals surface area contributed by atoms with Gasteiger partial charge in [0.15, 0.2) is 11.5 Å². The van der Waals surface area contributed by atoms with E-state index in [1.807, 2.05) is 49.4 Å². The molecule has 1 aliphatic carbocycles. The number of carbonyl (C=O) groups is 3. The molecule has 37 heavy (non-hydrogen) atoms. The van der Waals surface area contributed by atoms with Gasteiger partial charge in [-0.05, 0) is 71.8 Å². The van der Waals surface area contributed by atoms with Crippen molar-refractivity contribution in [1.29, 1.82) is 0 Å². The van der Waals surface area contributed by atoms with Crippen molar-refractivity contribution in [3.63, 3.8) is 0 Å². The first kappa shape index (κ1) is 24.6. The third-order valence-electron chi connectivity index (χ3n) is 7.12. The molecule has 2 N–H and O–H groups in total. The van der Waals surface area contributed by atoms with Gasteiger partial charge in [-0.3, -0.25) is 14.4 Å². The fourth-order valence-electron chi connectivity index (χ4n) is 4.81. The average Bonchev–Trinajstić information content (AvgIpc) is 3.58. The topological polar surface area (TPSA) is 93.7 Å². The standard InChI is InChI=1S/C30H30N2O5.2H2/c1-19-3-4-21(16-28(34)30(11-12-30)24-9-10-26-27(17-24)37-18-36-26)15-25(19)22-5-7-23(8-6-22)29(35)32-14-13-31-20(2)33;;/h3-10,15,17H,11-14,16,18H2,1-2H3,(H,31,33)(H,32,35);2*1H. The molecule has 1 saturated carbocycles. The molecule has 7 nitrogen and oxygen atoms in total. The summed E-state index contributed by atoms with van der Waals surface area (Å²) >= 11 is 0. The smallest absolute Gasteiger partial charge is 0.251 e. The molecule has 7 heteroatoms. The molecule has 1 heterocycles. The second-order valence-electron chi connectivity index (χ2n) is 9.72. The number of carbonyl (C=O) groups excluding carboxylic acids is 3. The maximum absolute atomic E-state index is 13.5. The highest BCUT2D eigenvalue weighted by Crippen LogP contribution is 2.51. The number of Topliss-reactive ketones (excluding diaryl/α,β-unsaturated/α-hetero) is 1. The monoisotopic (exact) mass is 502 g/mol. The van der Waals surface area contributed by atoms with Crippen LogP contribution >= 0.6 is 0 Å². The summed E-state index contributed by atoms with van der Waals surface area (Å²) in [5, 5.41) is 5.45. The van der Waals surface area contributed by atoms with Crippen molar-refractivity contribution in [2.24, 2.45) is 0 Å². The molecule has 3 aromatic rings. The number of fused-ring (bicyclic) bond motifs is 1. The molecule has 194 valence electrons. The molecular formula is C30H34N2O5. The molecule has 0 aromatic heterocycles. The third-order valence-corrected chi connectivity index (χ3v) is 7.12. The Hall–Kier alpha value is -4.13. The normalized spacial score (nSPS) is 14.6. The van der Waals surface area contributed by atoms with E-state index in [2.05, 4.69) is 16.7 Å². The van der Waals surface area contributed by atoms with Crippen molar-refractivity contribution in [3.8, 4) is 22.6 Å². The van der Waals surface area contributed by atoms with Crippen LogP contribution in [0.4, 0.5) is 0 Å². The third kappa shape index (κ3) is 5.21. The summed E-state index contributed by atoms with van der Waals surface area (Å²) in [5.74, 6) is 1.33. The van der Waals surface area contributed by atoms with E-state index in [9.17, 15) is 14.4 Å². The van der Waals surface area contributed by atoms with Crippen LogP contribution in [0.2, 0.25) is 0 Å². The largest absolute Gasteiger partial charge is 0.454 e. The van der Waals surface area contributed by atoms with Crippen LogP contribution in [0.5, 0.6) is 11.5 Å². The Morgan fingerprint density at radius 2 is 1.62 bits per heavy atom. The molecule has 0 spiro atoms. The Morgan fingerprint density at radius 3 is 2.35 bits per heavy atom. The molecule has 1 fully saturated rings. The molecule has 0 unspecified atom stereocenters. The first-order chi connectivity index (χ1) is 17.9. The quantitative estimate of drug-likeness (QED) is 0.418. The molecular weight excluding hydrogens is 468 g/mol. The van der Waals surface area contributed by atoms with Gasteiger partial charge in [0, 0.05) is 34.9 Å². The summed E-state index contributed by atoms with van der Waals surface area (Å²) < 4.78 is 10.9. The maximum atomic E-state index is 13.5. The van der Waals surface area contributed by atoms with E-state index in [-0.39, 0.29) is 27.2 Å². The van der Waals surface area contributed by atoms with Gasteiger partial charge in [-0.15, -0.1) is 0 Å². The molecule has 5 rings (SSSR count). The Balaban J connectivity index is 0.00000210. The van der Waals surface area contributed by atoms with Gasteiger partial charge in [-0.1, -0.05) is 36.4 Å². The predicted molar refractivity (Wildman–Crippen MR) is 144 cm³/mol. The summed E-state index contributed by atoms with van der Waals surface area (Å²) in [5.41, 5.74) is 5.20. The van der Waals surface area contributed by atoms with Crippen molar-refractivity contribution in [3.05, 3.63) is 82.9 Å². The Kier molecular flexibility index (Phi) is 6.70. The lowest BCUT2D eigenvalue weighted by Gasteiger charge is -2.16. The van der Waals surface area contributed by atoms with Gasteiger partial charge in [-0.25, -0.2) is 0 Å². The highest BCUT2D eigenvalue weighted by Gasteiger charge is 2.50. The van der Waals surface area contributed by atoms with Crippen LogP contribution in [-0.2, 0) is 21.4 Å². The number of ether oxygens (including phenoxy) is 2.